The third kappa shape index (κ3) is 4.47. The number of ether oxygens (including phenoxy) is 1. The molecule has 1 N–H and O–H groups in total. The number of hydrogen-bond acceptors (Lipinski definition) is 5. The number of piperidine rings is 1. The monoisotopic (exact) mass is 394 g/mol. The molecule has 0 aliphatic carbocycles. The van der Waals surface area contributed by atoms with Gasteiger partial charge in [0.25, 0.3) is 0 Å². The van der Waals surface area contributed by atoms with Crippen molar-refractivity contribution in [3.8, 4) is 5.88 Å². The zero-order valence-electron chi connectivity index (χ0n) is 16.8. The van der Waals surface area contributed by atoms with E-state index in [0.29, 0.717) is 31.4 Å². The first kappa shape index (κ1) is 19.2. The highest BCUT2D eigenvalue weighted by Gasteiger charge is 2.26. The zero-order valence-corrected chi connectivity index (χ0v) is 16.8. The molecule has 0 spiro atoms. The number of hydrogen-bond donors (Lipinski definition) is 1. The fourth-order valence-electron chi connectivity index (χ4n) is 3.60. The summed E-state index contributed by atoms with van der Waals surface area (Å²) >= 11 is 0. The van der Waals surface area contributed by atoms with E-state index in [4.69, 9.17) is 4.74 Å². The van der Waals surface area contributed by atoms with Gasteiger partial charge in [-0.1, -0.05) is 12.1 Å². The minimum Gasteiger partial charge on any atom is -0.475 e. The molecule has 1 aliphatic rings. The van der Waals surface area contributed by atoms with Crippen LogP contribution in [-0.4, -0.2) is 49.7 Å². The molecule has 8 nitrogen and oxygen atoms in total. The van der Waals surface area contributed by atoms with Gasteiger partial charge in [-0.05, 0) is 44.4 Å². The van der Waals surface area contributed by atoms with Crippen LogP contribution in [0.3, 0.4) is 0 Å². The molecule has 0 radical (unpaired) electrons. The Morgan fingerprint density at radius 2 is 2.03 bits per heavy atom. The summed E-state index contributed by atoms with van der Waals surface area (Å²) in [6.07, 6.45) is 5.58. The molecule has 4 heterocycles. The molecular weight excluding hydrogens is 368 g/mol. The predicted octanol–water partition coefficient (Wildman–Crippen LogP) is 3.00. The molecule has 2 amide bonds. The van der Waals surface area contributed by atoms with E-state index in [2.05, 4.69) is 20.5 Å². The molecule has 1 fully saturated rings. The van der Waals surface area contributed by atoms with Crippen molar-refractivity contribution in [3.63, 3.8) is 0 Å². The molecule has 3 aromatic heterocycles. The molecule has 1 aliphatic heterocycles. The number of amides is 2. The Morgan fingerprint density at radius 1 is 1.21 bits per heavy atom. The predicted molar refractivity (Wildman–Crippen MR) is 109 cm³/mol. The number of likely N-dealkylation sites (tertiary alicyclic amines) is 1. The Kier molecular flexibility index (Phi) is 5.59. The molecular formula is C21H26N6O2. The lowest BCUT2D eigenvalue weighted by Crippen LogP contribution is -2.44. The van der Waals surface area contributed by atoms with Gasteiger partial charge in [-0.15, -0.1) is 10.2 Å². The summed E-state index contributed by atoms with van der Waals surface area (Å²) in [7, 11) is 0. The zero-order chi connectivity index (χ0) is 20.2. The van der Waals surface area contributed by atoms with Crippen molar-refractivity contribution in [1.29, 1.82) is 0 Å². The quantitative estimate of drug-likeness (QED) is 0.719. The Bertz CT molecular complexity index is 961. The average molecular weight is 394 g/mol. The van der Waals surface area contributed by atoms with Crippen molar-refractivity contribution in [1.82, 2.24) is 29.8 Å². The van der Waals surface area contributed by atoms with Gasteiger partial charge in [-0.3, -0.25) is 4.40 Å². The number of carbonyl (C=O) groups excluding carboxylic acids is 1. The lowest BCUT2D eigenvalue weighted by atomic mass is 9.96. The van der Waals surface area contributed by atoms with Crippen molar-refractivity contribution in [2.24, 2.45) is 0 Å². The maximum atomic E-state index is 12.5. The smallest absolute Gasteiger partial charge is 0.317 e. The Morgan fingerprint density at radius 3 is 2.76 bits per heavy atom. The number of fused-ring (bicyclic) bond motifs is 1. The van der Waals surface area contributed by atoms with Crippen LogP contribution in [0.2, 0.25) is 0 Å². The van der Waals surface area contributed by atoms with Crippen molar-refractivity contribution < 1.29 is 9.53 Å². The number of rotatable bonds is 5. The minimum atomic E-state index is -0.0444. The largest absolute Gasteiger partial charge is 0.475 e. The summed E-state index contributed by atoms with van der Waals surface area (Å²) in [6.45, 7) is 5.78. The molecule has 0 aromatic carbocycles. The van der Waals surface area contributed by atoms with E-state index < -0.39 is 0 Å². The van der Waals surface area contributed by atoms with E-state index in [-0.39, 0.29) is 12.1 Å². The normalized spacial score (nSPS) is 15.1. The van der Waals surface area contributed by atoms with E-state index in [1.807, 2.05) is 59.7 Å². The van der Waals surface area contributed by atoms with Crippen molar-refractivity contribution in [2.45, 2.75) is 45.3 Å². The number of nitrogens with one attached hydrogen (secondary N) is 1. The molecule has 0 saturated carbocycles. The van der Waals surface area contributed by atoms with Crippen LogP contribution in [0.25, 0.3) is 5.65 Å². The summed E-state index contributed by atoms with van der Waals surface area (Å²) in [5.74, 6) is 1.89. The summed E-state index contributed by atoms with van der Waals surface area (Å²) < 4.78 is 7.58. The molecule has 1 saturated heterocycles. The molecule has 0 unspecified atom stereocenters. The SMILES string of the molecule is CC(C)Oc1ccc(CNC(=O)N2CCC(c3nnc4ccccn34)CC2)cn1. The molecule has 4 rings (SSSR count). The lowest BCUT2D eigenvalue weighted by molar-refractivity contribution is 0.180. The second-order valence-corrected chi connectivity index (χ2v) is 7.58. The Balaban J connectivity index is 1.28. The third-order valence-corrected chi connectivity index (χ3v) is 5.09. The van der Waals surface area contributed by atoms with E-state index in [1.165, 1.54) is 0 Å². The fourth-order valence-corrected chi connectivity index (χ4v) is 3.60. The van der Waals surface area contributed by atoms with E-state index >= 15 is 0 Å². The molecule has 3 aromatic rings. The van der Waals surface area contributed by atoms with Gasteiger partial charge in [-0.2, -0.15) is 0 Å². The average Bonchev–Trinajstić information content (AvgIpc) is 3.17. The van der Waals surface area contributed by atoms with E-state index in [1.54, 1.807) is 6.20 Å². The van der Waals surface area contributed by atoms with Crippen LogP contribution in [-0.2, 0) is 6.54 Å². The number of pyridine rings is 2. The highest BCUT2D eigenvalue weighted by molar-refractivity contribution is 5.74. The first-order chi connectivity index (χ1) is 14.1. The van der Waals surface area contributed by atoms with Crippen LogP contribution in [0.1, 0.15) is 44.0 Å². The van der Waals surface area contributed by atoms with Gasteiger partial charge in [-0.25, -0.2) is 9.78 Å². The lowest BCUT2D eigenvalue weighted by Gasteiger charge is -2.31. The van der Waals surface area contributed by atoms with Crippen molar-refractivity contribution in [2.75, 3.05) is 13.1 Å². The standard InChI is InChI=1S/C21H26N6O2/c1-15(2)29-19-7-6-16(13-22-19)14-23-21(28)26-11-8-17(9-12-26)20-25-24-18-5-3-4-10-27(18)20/h3-7,10,13,15,17H,8-9,11-12,14H2,1-2H3,(H,23,28). The number of nitrogens with zero attached hydrogens (tertiary/aromatic N) is 5. The first-order valence-corrected chi connectivity index (χ1v) is 10.0. The second kappa shape index (κ2) is 8.46. The number of urea groups is 1. The van der Waals surface area contributed by atoms with Gasteiger partial charge in [0.2, 0.25) is 5.88 Å². The molecule has 8 heteroatoms. The molecule has 0 atom stereocenters. The highest BCUT2D eigenvalue weighted by Crippen LogP contribution is 2.27. The van der Waals surface area contributed by atoms with Crippen LogP contribution >= 0.6 is 0 Å². The van der Waals surface area contributed by atoms with Crippen molar-refractivity contribution in [3.05, 3.63) is 54.1 Å². The van der Waals surface area contributed by atoms with E-state index in [9.17, 15) is 4.79 Å². The van der Waals surface area contributed by atoms with Gasteiger partial charge < -0.3 is 15.0 Å². The number of carbonyl (C=O) groups is 1. The minimum absolute atomic E-state index is 0.0444. The summed E-state index contributed by atoms with van der Waals surface area (Å²) in [5, 5.41) is 11.6. The third-order valence-electron chi connectivity index (χ3n) is 5.09. The van der Waals surface area contributed by atoms with Crippen LogP contribution in [0, 0.1) is 0 Å². The van der Waals surface area contributed by atoms with Gasteiger partial charge >= 0.3 is 6.03 Å². The fraction of sp³-hybridized carbons (Fsp3) is 0.429. The van der Waals surface area contributed by atoms with Crippen molar-refractivity contribution >= 4 is 11.7 Å². The summed E-state index contributed by atoms with van der Waals surface area (Å²) in [5.41, 5.74) is 1.81. The Labute approximate surface area is 169 Å². The highest BCUT2D eigenvalue weighted by atomic mass is 16.5. The number of aromatic nitrogens is 4. The maximum Gasteiger partial charge on any atom is 0.317 e. The Hall–Kier alpha value is -3.16. The van der Waals surface area contributed by atoms with E-state index in [0.717, 1.165) is 29.9 Å². The van der Waals surface area contributed by atoms with Crippen LogP contribution < -0.4 is 10.1 Å². The maximum absolute atomic E-state index is 12.5. The van der Waals surface area contributed by atoms with Crippen LogP contribution in [0.4, 0.5) is 4.79 Å². The van der Waals surface area contributed by atoms with Gasteiger partial charge in [0.15, 0.2) is 5.65 Å². The van der Waals surface area contributed by atoms with Gasteiger partial charge in [0.1, 0.15) is 5.82 Å². The topological polar surface area (TPSA) is 84.6 Å². The van der Waals surface area contributed by atoms with Gasteiger partial charge in [0.05, 0.1) is 6.10 Å². The first-order valence-electron chi connectivity index (χ1n) is 10.0. The second-order valence-electron chi connectivity index (χ2n) is 7.58. The van der Waals surface area contributed by atoms with Gasteiger partial charge in [0, 0.05) is 44.0 Å². The summed E-state index contributed by atoms with van der Waals surface area (Å²) in [6, 6.07) is 9.61. The van der Waals surface area contributed by atoms with Crippen LogP contribution in [0.15, 0.2) is 42.7 Å². The molecule has 0 bridgehead atoms. The molecule has 29 heavy (non-hydrogen) atoms. The molecule has 152 valence electrons. The van der Waals surface area contributed by atoms with Crippen LogP contribution in [0.5, 0.6) is 5.88 Å². The summed E-state index contributed by atoms with van der Waals surface area (Å²) in [4.78, 5) is 18.7.